The van der Waals surface area contributed by atoms with Gasteiger partial charge in [0.05, 0.1) is 5.56 Å². The normalized spacial score (nSPS) is 14.1. The van der Waals surface area contributed by atoms with E-state index in [-0.39, 0.29) is 18.3 Å². The number of ketones is 1. The molecular formula is C26H23F3N2O3. The lowest BCUT2D eigenvalue weighted by molar-refractivity contribution is -0.137. The summed E-state index contributed by atoms with van der Waals surface area (Å²) < 4.78 is 44.5. The van der Waals surface area contributed by atoms with E-state index in [0.717, 1.165) is 12.1 Å². The van der Waals surface area contributed by atoms with Crippen molar-refractivity contribution in [1.82, 2.24) is 4.90 Å². The summed E-state index contributed by atoms with van der Waals surface area (Å²) in [5, 5.41) is 0. The molecule has 1 aliphatic heterocycles. The van der Waals surface area contributed by atoms with Crippen molar-refractivity contribution in [2.45, 2.75) is 6.18 Å². The van der Waals surface area contributed by atoms with E-state index in [9.17, 15) is 22.8 Å². The van der Waals surface area contributed by atoms with E-state index < -0.39 is 11.7 Å². The molecule has 1 heterocycles. The van der Waals surface area contributed by atoms with Crippen molar-refractivity contribution in [3.63, 3.8) is 0 Å². The van der Waals surface area contributed by atoms with Crippen LogP contribution in [-0.4, -0.2) is 49.4 Å². The summed E-state index contributed by atoms with van der Waals surface area (Å²) >= 11 is 0. The highest BCUT2D eigenvalue weighted by atomic mass is 19.4. The second kappa shape index (κ2) is 9.99. The third kappa shape index (κ3) is 5.57. The molecule has 0 radical (unpaired) electrons. The highest BCUT2D eigenvalue weighted by Crippen LogP contribution is 2.31. The number of alkyl halides is 3. The van der Waals surface area contributed by atoms with Gasteiger partial charge in [-0.15, -0.1) is 0 Å². The van der Waals surface area contributed by atoms with Gasteiger partial charge in [0.25, 0.3) is 5.91 Å². The van der Waals surface area contributed by atoms with Crippen LogP contribution >= 0.6 is 0 Å². The van der Waals surface area contributed by atoms with Crippen LogP contribution in [0.3, 0.4) is 0 Å². The predicted octanol–water partition coefficient (Wildman–Crippen LogP) is 4.66. The highest BCUT2D eigenvalue weighted by molar-refractivity contribution is 6.09. The SMILES string of the molecule is O=C(c1ccccc1)c1ccc(OCC(=O)N2CCN(c3cccc(C(F)(F)F)c3)CC2)cc1. The zero-order valence-electron chi connectivity index (χ0n) is 18.3. The molecule has 3 aromatic carbocycles. The van der Waals surface area contributed by atoms with Crippen LogP contribution < -0.4 is 9.64 Å². The molecule has 1 saturated heterocycles. The predicted molar refractivity (Wildman–Crippen MR) is 122 cm³/mol. The number of benzene rings is 3. The second-order valence-corrected chi connectivity index (χ2v) is 7.92. The third-order valence-electron chi connectivity index (χ3n) is 5.69. The van der Waals surface area contributed by atoms with Crippen molar-refractivity contribution in [1.29, 1.82) is 0 Å². The molecule has 0 aromatic heterocycles. The molecule has 0 aliphatic carbocycles. The summed E-state index contributed by atoms with van der Waals surface area (Å²) in [5.41, 5.74) is 0.919. The second-order valence-electron chi connectivity index (χ2n) is 7.92. The number of carbonyl (C=O) groups is 2. The van der Waals surface area contributed by atoms with E-state index in [0.29, 0.717) is 48.7 Å². The lowest BCUT2D eigenvalue weighted by atomic mass is 10.0. The molecule has 1 aliphatic rings. The fraction of sp³-hybridized carbons (Fsp3) is 0.231. The van der Waals surface area contributed by atoms with E-state index in [1.54, 1.807) is 59.5 Å². The van der Waals surface area contributed by atoms with Gasteiger partial charge in [0.1, 0.15) is 5.75 Å². The van der Waals surface area contributed by atoms with Crippen molar-refractivity contribution in [2.75, 3.05) is 37.7 Å². The summed E-state index contributed by atoms with van der Waals surface area (Å²) in [4.78, 5) is 28.5. The lowest BCUT2D eigenvalue weighted by Gasteiger charge is -2.36. The van der Waals surface area contributed by atoms with E-state index in [2.05, 4.69) is 0 Å². The van der Waals surface area contributed by atoms with Crippen molar-refractivity contribution >= 4 is 17.4 Å². The first-order valence-corrected chi connectivity index (χ1v) is 10.8. The van der Waals surface area contributed by atoms with Crippen LogP contribution in [0, 0.1) is 0 Å². The van der Waals surface area contributed by atoms with Crippen LogP contribution in [0.15, 0.2) is 78.9 Å². The Balaban J connectivity index is 1.27. The number of ether oxygens (including phenoxy) is 1. The number of rotatable bonds is 6. The standard InChI is InChI=1S/C26H23F3N2O3/c27-26(28,29)21-7-4-8-22(17-21)30-13-15-31(16-14-30)24(32)18-34-23-11-9-20(10-12-23)25(33)19-5-2-1-3-6-19/h1-12,17H,13-16,18H2. The molecular weight excluding hydrogens is 445 g/mol. The quantitative estimate of drug-likeness (QED) is 0.494. The van der Waals surface area contributed by atoms with E-state index in [4.69, 9.17) is 4.74 Å². The Labute approximate surface area is 195 Å². The van der Waals surface area contributed by atoms with Crippen LogP contribution in [0.25, 0.3) is 0 Å². The molecule has 8 heteroatoms. The van der Waals surface area contributed by atoms with Crippen molar-refractivity contribution < 1.29 is 27.5 Å². The van der Waals surface area contributed by atoms with Gasteiger partial charge in [-0.3, -0.25) is 9.59 Å². The van der Waals surface area contributed by atoms with Gasteiger partial charge in [-0.25, -0.2) is 0 Å². The number of amides is 1. The summed E-state index contributed by atoms with van der Waals surface area (Å²) in [7, 11) is 0. The minimum absolute atomic E-state index is 0.0955. The first kappa shape index (κ1) is 23.4. The van der Waals surface area contributed by atoms with Gasteiger partial charge >= 0.3 is 6.18 Å². The Kier molecular flexibility index (Phi) is 6.86. The molecule has 0 atom stereocenters. The maximum atomic E-state index is 13.0. The fourth-order valence-electron chi connectivity index (χ4n) is 3.79. The fourth-order valence-corrected chi connectivity index (χ4v) is 3.79. The largest absolute Gasteiger partial charge is 0.484 e. The molecule has 0 unspecified atom stereocenters. The number of nitrogens with zero attached hydrogens (tertiary/aromatic N) is 2. The average molecular weight is 468 g/mol. The molecule has 0 saturated carbocycles. The van der Waals surface area contributed by atoms with Crippen LogP contribution in [-0.2, 0) is 11.0 Å². The molecule has 1 amide bonds. The Morgan fingerprint density at radius 3 is 2.09 bits per heavy atom. The van der Waals surface area contributed by atoms with Crippen molar-refractivity contribution in [3.05, 3.63) is 95.6 Å². The number of anilines is 1. The maximum absolute atomic E-state index is 13.0. The zero-order chi connectivity index (χ0) is 24.1. The Bertz CT molecular complexity index is 1140. The van der Waals surface area contributed by atoms with E-state index >= 15 is 0 Å². The van der Waals surface area contributed by atoms with Gasteiger partial charge in [-0.2, -0.15) is 13.2 Å². The average Bonchev–Trinajstić information content (AvgIpc) is 2.87. The number of hydrogen-bond acceptors (Lipinski definition) is 4. The van der Waals surface area contributed by atoms with Gasteiger partial charge in [-0.05, 0) is 42.5 Å². The zero-order valence-corrected chi connectivity index (χ0v) is 18.3. The molecule has 34 heavy (non-hydrogen) atoms. The van der Waals surface area contributed by atoms with Gasteiger partial charge in [0.15, 0.2) is 12.4 Å². The molecule has 176 valence electrons. The van der Waals surface area contributed by atoms with Crippen LogP contribution in [0.1, 0.15) is 21.5 Å². The molecule has 4 rings (SSSR count). The summed E-state index contributed by atoms with van der Waals surface area (Å²) in [6, 6.07) is 20.8. The maximum Gasteiger partial charge on any atom is 0.416 e. The van der Waals surface area contributed by atoms with Gasteiger partial charge in [-0.1, -0.05) is 36.4 Å². The van der Waals surface area contributed by atoms with Gasteiger partial charge in [0, 0.05) is 43.0 Å². The third-order valence-corrected chi connectivity index (χ3v) is 5.69. The van der Waals surface area contributed by atoms with E-state index in [1.165, 1.54) is 6.07 Å². The minimum atomic E-state index is -4.39. The number of piperazine rings is 1. The molecule has 5 nitrogen and oxygen atoms in total. The Morgan fingerprint density at radius 1 is 0.794 bits per heavy atom. The van der Waals surface area contributed by atoms with Crippen LogP contribution in [0.2, 0.25) is 0 Å². The number of carbonyl (C=O) groups excluding carboxylic acids is 2. The smallest absolute Gasteiger partial charge is 0.416 e. The van der Waals surface area contributed by atoms with Crippen molar-refractivity contribution in [2.24, 2.45) is 0 Å². The molecule has 3 aromatic rings. The van der Waals surface area contributed by atoms with Crippen molar-refractivity contribution in [3.8, 4) is 5.75 Å². The number of hydrogen-bond donors (Lipinski definition) is 0. The van der Waals surface area contributed by atoms with Gasteiger partial charge in [0.2, 0.25) is 0 Å². The minimum Gasteiger partial charge on any atom is -0.484 e. The first-order valence-electron chi connectivity index (χ1n) is 10.8. The van der Waals surface area contributed by atoms with Crippen LogP contribution in [0.5, 0.6) is 5.75 Å². The van der Waals surface area contributed by atoms with Crippen LogP contribution in [0.4, 0.5) is 18.9 Å². The summed E-state index contributed by atoms with van der Waals surface area (Å²) in [6.45, 7) is 1.49. The van der Waals surface area contributed by atoms with Gasteiger partial charge < -0.3 is 14.5 Å². The molecule has 0 bridgehead atoms. The first-order chi connectivity index (χ1) is 16.3. The number of halogens is 3. The Hall–Kier alpha value is -3.81. The monoisotopic (exact) mass is 468 g/mol. The molecule has 0 N–H and O–H groups in total. The lowest BCUT2D eigenvalue weighted by Crippen LogP contribution is -2.50. The topological polar surface area (TPSA) is 49.9 Å². The summed E-state index contributed by atoms with van der Waals surface area (Å²) in [5.74, 6) is 0.176. The van der Waals surface area contributed by atoms with E-state index in [1.807, 2.05) is 11.0 Å². The highest BCUT2D eigenvalue weighted by Gasteiger charge is 2.31. The summed E-state index contributed by atoms with van der Waals surface area (Å²) in [6.07, 6.45) is -4.39. The molecule has 1 fully saturated rings. The Morgan fingerprint density at radius 2 is 1.44 bits per heavy atom. The molecule has 0 spiro atoms.